The Balaban J connectivity index is 2.48. The predicted molar refractivity (Wildman–Crippen MR) is 66.2 cm³/mol. The van der Waals surface area contributed by atoms with Gasteiger partial charge in [-0.2, -0.15) is 0 Å². The predicted octanol–water partition coefficient (Wildman–Crippen LogP) is 2.44. The number of carbonyl (C=O) groups is 1. The van der Waals surface area contributed by atoms with Crippen LogP contribution in [0.1, 0.15) is 18.4 Å². The van der Waals surface area contributed by atoms with Gasteiger partial charge in [0.1, 0.15) is 0 Å². The second-order valence-electron chi connectivity index (χ2n) is 3.69. The van der Waals surface area contributed by atoms with Crippen molar-refractivity contribution in [2.24, 2.45) is 0 Å². The van der Waals surface area contributed by atoms with Crippen LogP contribution >= 0.6 is 15.9 Å². The first-order chi connectivity index (χ1) is 7.92. The summed E-state index contributed by atoms with van der Waals surface area (Å²) in [5.41, 5.74) is 1.14. The number of fused-ring (bicyclic) bond motifs is 1. The molecule has 1 heterocycles. The molecule has 0 bridgehead atoms. The fraction of sp³-hybridized carbons (Fsp3) is 0.182. The lowest BCUT2D eigenvalue weighted by molar-refractivity contribution is -0.136. The number of hydrogen-bond donors (Lipinski definition) is 1. The van der Waals surface area contributed by atoms with Gasteiger partial charge < -0.3 is 5.11 Å². The number of carboxylic acids is 1. The molecule has 1 aliphatic heterocycles. The van der Waals surface area contributed by atoms with Gasteiger partial charge in [-0.15, -0.1) is 0 Å². The zero-order valence-electron chi connectivity index (χ0n) is 8.68. The first kappa shape index (κ1) is 12.3. The molecule has 1 aromatic carbocycles. The molecule has 6 heteroatoms. The van der Waals surface area contributed by atoms with Gasteiger partial charge in [0.2, 0.25) is 9.84 Å². The van der Waals surface area contributed by atoms with E-state index < -0.39 is 15.8 Å². The van der Waals surface area contributed by atoms with Gasteiger partial charge in [-0.25, -0.2) is 8.42 Å². The largest absolute Gasteiger partial charge is 0.481 e. The maximum Gasteiger partial charge on any atom is 0.303 e. The fourth-order valence-electron chi connectivity index (χ4n) is 1.79. The summed E-state index contributed by atoms with van der Waals surface area (Å²) >= 11 is 3.29. The number of benzene rings is 1. The summed E-state index contributed by atoms with van der Waals surface area (Å²) in [7, 11) is -3.41. The van der Waals surface area contributed by atoms with Crippen molar-refractivity contribution in [1.29, 1.82) is 0 Å². The highest BCUT2D eigenvalue weighted by atomic mass is 79.9. The molecule has 0 radical (unpaired) electrons. The minimum absolute atomic E-state index is 0.0812. The Morgan fingerprint density at radius 2 is 2.06 bits per heavy atom. The maximum absolute atomic E-state index is 11.8. The molecule has 17 heavy (non-hydrogen) atoms. The highest BCUT2D eigenvalue weighted by molar-refractivity contribution is 9.10. The van der Waals surface area contributed by atoms with E-state index in [1.165, 1.54) is 6.07 Å². The van der Waals surface area contributed by atoms with Crippen molar-refractivity contribution in [1.82, 2.24) is 0 Å². The van der Waals surface area contributed by atoms with Gasteiger partial charge in [-0.05, 0) is 24.1 Å². The van der Waals surface area contributed by atoms with E-state index in [0.717, 1.165) is 5.41 Å². The van der Waals surface area contributed by atoms with Crippen molar-refractivity contribution in [3.05, 3.63) is 33.6 Å². The van der Waals surface area contributed by atoms with E-state index >= 15 is 0 Å². The molecule has 2 rings (SSSR count). The molecule has 90 valence electrons. The highest BCUT2D eigenvalue weighted by Crippen LogP contribution is 2.40. The Labute approximate surface area is 107 Å². The summed E-state index contributed by atoms with van der Waals surface area (Å²) in [6.45, 7) is 0. The van der Waals surface area contributed by atoms with Crippen LogP contribution in [0.25, 0.3) is 5.57 Å². The van der Waals surface area contributed by atoms with Crippen LogP contribution in [0.2, 0.25) is 0 Å². The molecule has 0 aromatic heterocycles. The highest BCUT2D eigenvalue weighted by Gasteiger charge is 2.28. The summed E-state index contributed by atoms with van der Waals surface area (Å²) in [6, 6.07) is 4.92. The van der Waals surface area contributed by atoms with Crippen LogP contribution in [0.15, 0.2) is 33.0 Å². The Hall–Kier alpha value is -1.14. The normalized spacial score (nSPS) is 16.4. The van der Waals surface area contributed by atoms with Crippen LogP contribution in [0.4, 0.5) is 0 Å². The number of allylic oxidation sites excluding steroid dienone is 1. The summed E-state index contributed by atoms with van der Waals surface area (Å²) in [5.74, 6) is -0.941. The number of rotatable bonds is 3. The summed E-state index contributed by atoms with van der Waals surface area (Å²) in [5, 5.41) is 9.79. The molecule has 0 saturated carbocycles. The standard InChI is InChI=1S/C11H9BrO4S/c12-8-2-1-3-9-11(8)7(4-5-10(13)14)6-17(9,15)16/h1-3,6H,4-5H2,(H,13,14). The van der Waals surface area contributed by atoms with Crippen LogP contribution in [0.3, 0.4) is 0 Å². The fourth-order valence-corrected chi connectivity index (χ4v) is 4.07. The summed E-state index contributed by atoms with van der Waals surface area (Å²) < 4.78 is 24.3. The Bertz CT molecular complexity index is 616. The molecule has 1 aromatic rings. The lowest BCUT2D eigenvalue weighted by Gasteiger charge is -2.05. The van der Waals surface area contributed by atoms with Crippen molar-refractivity contribution in [3.63, 3.8) is 0 Å². The van der Waals surface area contributed by atoms with Crippen LogP contribution in [0, 0.1) is 0 Å². The van der Waals surface area contributed by atoms with Crippen molar-refractivity contribution in [2.75, 3.05) is 0 Å². The van der Waals surface area contributed by atoms with Gasteiger partial charge in [0.05, 0.1) is 4.90 Å². The van der Waals surface area contributed by atoms with E-state index in [1.807, 2.05) is 0 Å². The number of carboxylic acid groups (broad SMARTS) is 1. The van der Waals surface area contributed by atoms with E-state index in [4.69, 9.17) is 5.11 Å². The van der Waals surface area contributed by atoms with E-state index in [-0.39, 0.29) is 17.7 Å². The second kappa shape index (κ2) is 4.27. The van der Waals surface area contributed by atoms with Crippen LogP contribution in [-0.4, -0.2) is 19.5 Å². The van der Waals surface area contributed by atoms with Gasteiger partial charge in [-0.3, -0.25) is 4.79 Å². The van der Waals surface area contributed by atoms with Gasteiger partial charge in [0.25, 0.3) is 0 Å². The minimum Gasteiger partial charge on any atom is -0.481 e. The summed E-state index contributed by atoms with van der Waals surface area (Å²) in [4.78, 5) is 10.8. The zero-order valence-corrected chi connectivity index (χ0v) is 11.1. The average Bonchev–Trinajstić information content (AvgIpc) is 2.49. The molecule has 1 N–H and O–H groups in total. The van der Waals surface area contributed by atoms with E-state index in [0.29, 0.717) is 15.6 Å². The molecule has 0 amide bonds. The number of sulfone groups is 1. The van der Waals surface area contributed by atoms with E-state index in [2.05, 4.69) is 15.9 Å². The van der Waals surface area contributed by atoms with Gasteiger partial charge in [-0.1, -0.05) is 22.0 Å². The van der Waals surface area contributed by atoms with Gasteiger partial charge in [0.15, 0.2) is 0 Å². The molecule has 0 spiro atoms. The quantitative estimate of drug-likeness (QED) is 0.929. The molecule has 0 unspecified atom stereocenters. The Kier molecular flexibility index (Phi) is 3.09. The number of aliphatic carboxylic acids is 1. The number of halogens is 1. The van der Waals surface area contributed by atoms with Crippen LogP contribution in [-0.2, 0) is 14.6 Å². The van der Waals surface area contributed by atoms with E-state index in [1.54, 1.807) is 12.1 Å². The van der Waals surface area contributed by atoms with Crippen molar-refractivity contribution in [3.8, 4) is 0 Å². The molecule has 0 aliphatic carbocycles. The monoisotopic (exact) mass is 316 g/mol. The third-order valence-corrected chi connectivity index (χ3v) is 4.72. The third kappa shape index (κ3) is 2.28. The number of hydrogen-bond acceptors (Lipinski definition) is 3. The molecule has 1 aliphatic rings. The molecule has 0 fully saturated rings. The maximum atomic E-state index is 11.8. The van der Waals surface area contributed by atoms with Gasteiger partial charge >= 0.3 is 5.97 Å². The first-order valence-electron chi connectivity index (χ1n) is 4.88. The smallest absolute Gasteiger partial charge is 0.303 e. The van der Waals surface area contributed by atoms with Crippen LogP contribution in [0.5, 0.6) is 0 Å². The summed E-state index contributed by atoms with van der Waals surface area (Å²) in [6.07, 6.45) is 0.131. The van der Waals surface area contributed by atoms with E-state index in [9.17, 15) is 13.2 Å². The molecule has 4 nitrogen and oxygen atoms in total. The minimum atomic E-state index is -3.41. The molecule has 0 atom stereocenters. The Morgan fingerprint density at radius 3 is 2.71 bits per heavy atom. The van der Waals surface area contributed by atoms with Gasteiger partial charge in [0, 0.05) is 21.9 Å². The molecular weight excluding hydrogens is 308 g/mol. The van der Waals surface area contributed by atoms with Crippen molar-refractivity contribution >= 4 is 37.3 Å². The first-order valence-corrected chi connectivity index (χ1v) is 7.22. The second-order valence-corrected chi connectivity index (χ2v) is 6.31. The zero-order chi connectivity index (χ0) is 12.6. The average molecular weight is 317 g/mol. The molecular formula is C11H9BrO4S. The van der Waals surface area contributed by atoms with Crippen molar-refractivity contribution in [2.45, 2.75) is 17.7 Å². The molecule has 0 saturated heterocycles. The lowest BCUT2D eigenvalue weighted by atomic mass is 10.0. The van der Waals surface area contributed by atoms with Crippen molar-refractivity contribution < 1.29 is 18.3 Å². The SMILES string of the molecule is O=C(O)CCC1=CS(=O)(=O)c2cccc(Br)c21. The Morgan fingerprint density at radius 1 is 1.35 bits per heavy atom. The lowest BCUT2D eigenvalue weighted by Crippen LogP contribution is -1.95. The van der Waals surface area contributed by atoms with Crippen LogP contribution < -0.4 is 0 Å². The third-order valence-electron chi connectivity index (χ3n) is 2.51. The topological polar surface area (TPSA) is 71.4 Å².